The number of rotatable bonds is 4. The van der Waals surface area contributed by atoms with E-state index in [2.05, 4.69) is 0 Å². The number of anilines is 1. The summed E-state index contributed by atoms with van der Waals surface area (Å²) in [5, 5.41) is 0. The highest BCUT2D eigenvalue weighted by atomic mass is 32.2. The molecule has 1 fully saturated rings. The van der Waals surface area contributed by atoms with Crippen molar-refractivity contribution in [3.63, 3.8) is 0 Å². The molecule has 2 heterocycles. The Morgan fingerprint density at radius 3 is 2.52 bits per heavy atom. The fraction of sp³-hybridized carbons (Fsp3) is 0.579. The van der Waals surface area contributed by atoms with Gasteiger partial charge in [-0.05, 0) is 45.5 Å². The molecule has 0 bridgehead atoms. The number of nitrogens with zero attached hydrogens (tertiary/aromatic N) is 3. The number of hydrogen-bond donors (Lipinski definition) is 0. The largest absolute Gasteiger partial charge is 0.329 e. The van der Waals surface area contributed by atoms with Crippen molar-refractivity contribution < 1.29 is 18.0 Å². The summed E-state index contributed by atoms with van der Waals surface area (Å²) >= 11 is 0. The summed E-state index contributed by atoms with van der Waals surface area (Å²) in [6.07, 6.45) is 1.10. The normalized spacial score (nSPS) is 23.5. The highest BCUT2D eigenvalue weighted by Crippen LogP contribution is 2.32. The quantitative estimate of drug-likeness (QED) is 0.698. The molecule has 0 spiro atoms. The minimum absolute atomic E-state index is 0.0639. The van der Waals surface area contributed by atoms with E-state index in [1.807, 2.05) is 50.2 Å². The molecule has 8 heteroatoms. The average molecular weight is 394 g/mol. The lowest BCUT2D eigenvalue weighted by atomic mass is 10.1. The van der Waals surface area contributed by atoms with Gasteiger partial charge in [-0.25, -0.2) is 8.42 Å². The second-order valence-electron chi connectivity index (χ2n) is 7.72. The van der Waals surface area contributed by atoms with Crippen LogP contribution in [0.25, 0.3) is 0 Å². The second-order valence-corrected chi connectivity index (χ2v) is 9.94. The highest BCUT2D eigenvalue weighted by molar-refractivity contribution is 7.91. The molecule has 148 valence electrons. The maximum absolute atomic E-state index is 13.1. The van der Waals surface area contributed by atoms with Gasteiger partial charge in [-0.3, -0.25) is 9.59 Å². The van der Waals surface area contributed by atoms with Gasteiger partial charge < -0.3 is 14.7 Å². The maximum Gasteiger partial charge on any atom is 0.316 e. The van der Waals surface area contributed by atoms with Gasteiger partial charge in [0.1, 0.15) is 0 Å². The number of carbonyl (C=O) groups excluding carboxylic acids is 2. The van der Waals surface area contributed by atoms with Crippen molar-refractivity contribution in [3.05, 3.63) is 29.8 Å². The molecule has 2 atom stereocenters. The number of hydrogen-bond acceptors (Lipinski definition) is 5. The Hall–Kier alpha value is -1.93. The van der Waals surface area contributed by atoms with Crippen LogP contribution in [0.3, 0.4) is 0 Å². The summed E-state index contributed by atoms with van der Waals surface area (Å²) < 4.78 is 23.8. The van der Waals surface area contributed by atoms with Crippen molar-refractivity contribution >= 4 is 27.3 Å². The number of sulfone groups is 1. The van der Waals surface area contributed by atoms with E-state index < -0.39 is 27.7 Å². The maximum atomic E-state index is 13.1. The summed E-state index contributed by atoms with van der Waals surface area (Å²) in [5.41, 5.74) is 1.82. The Balaban J connectivity index is 1.84. The second kappa shape index (κ2) is 7.59. The van der Waals surface area contributed by atoms with Crippen molar-refractivity contribution in [2.45, 2.75) is 31.8 Å². The molecule has 0 aromatic heterocycles. The predicted octanol–water partition coefficient (Wildman–Crippen LogP) is 0.542. The highest BCUT2D eigenvalue weighted by Gasteiger charge is 2.40. The fourth-order valence-electron chi connectivity index (χ4n) is 3.88. The van der Waals surface area contributed by atoms with Crippen LogP contribution in [-0.4, -0.2) is 80.8 Å². The summed E-state index contributed by atoms with van der Waals surface area (Å²) in [5.74, 6) is -1.18. The minimum Gasteiger partial charge on any atom is -0.329 e. The van der Waals surface area contributed by atoms with Gasteiger partial charge in [0, 0.05) is 30.9 Å². The monoisotopic (exact) mass is 393 g/mol. The van der Waals surface area contributed by atoms with Crippen LogP contribution >= 0.6 is 0 Å². The minimum atomic E-state index is -3.15. The van der Waals surface area contributed by atoms with Crippen LogP contribution in [0, 0.1) is 0 Å². The third-order valence-electron chi connectivity index (χ3n) is 5.31. The molecule has 0 saturated carbocycles. The Bertz CT molecular complexity index is 837. The van der Waals surface area contributed by atoms with Crippen LogP contribution in [0.2, 0.25) is 0 Å². The molecule has 1 aromatic carbocycles. The van der Waals surface area contributed by atoms with Crippen LogP contribution in [0.15, 0.2) is 24.3 Å². The first kappa shape index (κ1) is 19.8. The van der Waals surface area contributed by atoms with Gasteiger partial charge in [-0.15, -0.1) is 0 Å². The first-order chi connectivity index (χ1) is 12.7. The lowest BCUT2D eigenvalue weighted by molar-refractivity contribution is -0.146. The van der Waals surface area contributed by atoms with Crippen LogP contribution in [-0.2, 0) is 25.8 Å². The van der Waals surface area contributed by atoms with E-state index in [1.165, 1.54) is 4.90 Å². The number of benzene rings is 1. The Labute approximate surface area is 160 Å². The molecule has 0 radical (unpaired) electrons. The van der Waals surface area contributed by atoms with Gasteiger partial charge >= 0.3 is 11.8 Å². The summed E-state index contributed by atoms with van der Waals surface area (Å²) in [6.45, 7) is 2.83. The van der Waals surface area contributed by atoms with Crippen molar-refractivity contribution in [1.29, 1.82) is 0 Å². The van der Waals surface area contributed by atoms with Crippen molar-refractivity contribution in [1.82, 2.24) is 9.80 Å². The van der Waals surface area contributed by atoms with E-state index in [1.54, 1.807) is 4.90 Å². The molecule has 2 unspecified atom stereocenters. The van der Waals surface area contributed by atoms with Crippen LogP contribution in [0.1, 0.15) is 18.9 Å². The van der Waals surface area contributed by atoms with Crippen molar-refractivity contribution in [2.75, 3.05) is 43.6 Å². The average Bonchev–Trinajstić information content (AvgIpc) is 3.12. The van der Waals surface area contributed by atoms with Crippen LogP contribution < -0.4 is 4.90 Å². The standard InChI is InChI=1S/C19H27N3O4S/c1-14-12-15-6-4-5-7-17(15)22(14)19(24)18(23)21(10-9-20(2)3)16-8-11-27(25,26)13-16/h4-7,14,16H,8-13H2,1-3H3. The van der Waals surface area contributed by atoms with Crippen molar-refractivity contribution in [2.24, 2.45) is 0 Å². The molecule has 1 saturated heterocycles. The van der Waals surface area contributed by atoms with E-state index in [4.69, 9.17) is 0 Å². The third-order valence-corrected chi connectivity index (χ3v) is 7.06. The fourth-order valence-corrected chi connectivity index (χ4v) is 5.61. The molecular weight excluding hydrogens is 366 g/mol. The SMILES string of the molecule is CC1Cc2ccccc2N1C(=O)C(=O)N(CCN(C)C)C1CCS(=O)(=O)C1. The number of fused-ring (bicyclic) bond motifs is 1. The first-order valence-corrected chi connectivity index (χ1v) is 11.1. The molecular formula is C19H27N3O4S. The van der Waals surface area contributed by atoms with Crippen LogP contribution in [0.4, 0.5) is 5.69 Å². The zero-order valence-electron chi connectivity index (χ0n) is 16.1. The van der Waals surface area contributed by atoms with Gasteiger partial charge in [-0.2, -0.15) is 0 Å². The Morgan fingerprint density at radius 2 is 1.89 bits per heavy atom. The first-order valence-electron chi connectivity index (χ1n) is 9.27. The topological polar surface area (TPSA) is 78.0 Å². The van der Waals surface area contributed by atoms with Gasteiger partial charge in [0.15, 0.2) is 9.84 Å². The lowest BCUT2D eigenvalue weighted by Gasteiger charge is -2.31. The van der Waals surface area contributed by atoms with Gasteiger partial charge in [-0.1, -0.05) is 18.2 Å². The van der Waals surface area contributed by atoms with Gasteiger partial charge in [0.05, 0.1) is 11.5 Å². The number of amides is 2. The van der Waals surface area contributed by atoms with E-state index in [0.717, 1.165) is 11.3 Å². The number of likely N-dealkylation sites (N-methyl/N-ethyl adjacent to an activating group) is 1. The zero-order chi connectivity index (χ0) is 19.8. The van der Waals surface area contributed by atoms with E-state index in [-0.39, 0.29) is 17.5 Å². The van der Waals surface area contributed by atoms with Gasteiger partial charge in [0.2, 0.25) is 0 Å². The smallest absolute Gasteiger partial charge is 0.316 e. The van der Waals surface area contributed by atoms with Crippen molar-refractivity contribution in [3.8, 4) is 0 Å². The molecule has 0 N–H and O–H groups in total. The molecule has 2 aliphatic rings. The van der Waals surface area contributed by atoms with E-state index in [9.17, 15) is 18.0 Å². The Kier molecular flexibility index (Phi) is 5.58. The zero-order valence-corrected chi connectivity index (χ0v) is 16.9. The van der Waals surface area contributed by atoms with E-state index in [0.29, 0.717) is 25.9 Å². The van der Waals surface area contributed by atoms with E-state index >= 15 is 0 Å². The van der Waals surface area contributed by atoms with Crippen LogP contribution in [0.5, 0.6) is 0 Å². The molecule has 0 aliphatic carbocycles. The molecule has 2 amide bonds. The molecule has 27 heavy (non-hydrogen) atoms. The lowest BCUT2D eigenvalue weighted by Crippen LogP contribution is -2.52. The summed E-state index contributed by atoms with van der Waals surface area (Å²) in [6, 6.07) is 7.08. The number of para-hydroxylation sites is 1. The number of carbonyl (C=O) groups is 2. The van der Waals surface area contributed by atoms with Gasteiger partial charge in [0.25, 0.3) is 0 Å². The molecule has 3 rings (SSSR count). The summed E-state index contributed by atoms with van der Waals surface area (Å²) in [7, 11) is 0.618. The molecule has 2 aliphatic heterocycles. The summed E-state index contributed by atoms with van der Waals surface area (Å²) in [4.78, 5) is 31.2. The molecule has 1 aromatic rings. The molecule has 7 nitrogen and oxygen atoms in total. The predicted molar refractivity (Wildman–Crippen MR) is 104 cm³/mol. The third kappa shape index (κ3) is 4.16. The Morgan fingerprint density at radius 1 is 1.19 bits per heavy atom.